The maximum absolute atomic E-state index is 12.1. The minimum absolute atomic E-state index is 0.0405. The Morgan fingerprint density at radius 2 is 1.14 bits per heavy atom. The summed E-state index contributed by atoms with van der Waals surface area (Å²) in [5.74, 6) is 4.99. The molecule has 0 spiro atoms. The molecule has 17 nitrogen and oxygen atoms in total. The van der Waals surface area contributed by atoms with Gasteiger partial charge in [-0.15, -0.1) is 6.42 Å². The molecule has 8 heterocycles. The van der Waals surface area contributed by atoms with Gasteiger partial charge < -0.3 is 38.5 Å². The van der Waals surface area contributed by atoms with Crippen LogP contribution in [0.3, 0.4) is 0 Å². The van der Waals surface area contributed by atoms with Crippen molar-refractivity contribution in [1.82, 2.24) is 40.8 Å². The molecule has 0 atom stereocenters. The van der Waals surface area contributed by atoms with E-state index in [1.165, 1.54) is 0 Å². The second kappa shape index (κ2) is 28.6. The van der Waals surface area contributed by atoms with Crippen LogP contribution in [0.2, 0.25) is 0 Å². The molecule has 4 amide bonds. The zero-order valence-electron chi connectivity index (χ0n) is 40.7. The topological polar surface area (TPSA) is 236 Å². The number of nitrogens with one attached hydrogen (secondary N) is 3. The number of carbonyl (C=O) groups excluding carboxylic acids is 4. The monoisotopic (exact) mass is 979 g/mol. The number of aryl methyl sites for hydroxylation is 1. The Morgan fingerprint density at radius 3 is 1.56 bits per heavy atom. The van der Waals surface area contributed by atoms with E-state index in [9.17, 15) is 19.2 Å². The van der Waals surface area contributed by atoms with Crippen LogP contribution in [0.1, 0.15) is 68.6 Å². The molecule has 8 rings (SSSR count). The van der Waals surface area contributed by atoms with Gasteiger partial charge in [-0.25, -0.2) is 0 Å². The second-order valence-corrected chi connectivity index (χ2v) is 15.4. The molecular weight excluding hydrogens is 927 g/mol. The number of furan rings is 4. The summed E-state index contributed by atoms with van der Waals surface area (Å²) >= 11 is 0. The van der Waals surface area contributed by atoms with Gasteiger partial charge in [0.2, 0.25) is 0 Å². The molecule has 370 valence electrons. The zero-order chi connectivity index (χ0) is 52.4. The number of allylic oxidation sites excluding steroid dienone is 1. The highest BCUT2D eigenvalue weighted by Gasteiger charge is 2.19. The standard InChI is InChI=1S/C15H14N2O2.2C14H14N2O2.C13H11N3O2/c1-3-10-17(4-2)15(18)14-8-7-13(19-14)12-6-5-9-16-11-12;1-10(2)8-16-14(17)13-6-5-12(18-13)11-4-3-7-15-9-11;1-2-3-9-16-14(17)13-7-6-12(18-13)11-5-4-8-15-10-11;1-9-7-11(10-3-2-5-15-8-10)18-12(9)13(17)16-6-4-14/h1,5-9,11H,4,10H2,2H3;3-7,9H,1,8H2,2H3,(H,16,17);2-8,10H,9H2,1H3,(H,16,17);2-3,5,7-8H,6H2,1H3,(H,16,17)/b;;3-2+;. The van der Waals surface area contributed by atoms with Crippen molar-refractivity contribution >= 4 is 23.6 Å². The van der Waals surface area contributed by atoms with Crippen molar-refractivity contribution in [3.05, 3.63) is 193 Å². The van der Waals surface area contributed by atoms with Gasteiger partial charge in [-0.2, -0.15) is 5.26 Å². The highest BCUT2D eigenvalue weighted by molar-refractivity contribution is 5.94. The number of rotatable bonds is 15. The lowest BCUT2D eigenvalue weighted by Gasteiger charge is -2.15. The Kier molecular flexibility index (Phi) is 21.2. The highest BCUT2D eigenvalue weighted by Crippen LogP contribution is 2.26. The maximum atomic E-state index is 12.1. The van der Waals surface area contributed by atoms with E-state index in [1.54, 1.807) is 110 Å². The number of terminal acetylenes is 1. The van der Waals surface area contributed by atoms with Gasteiger partial charge in [0.15, 0.2) is 23.0 Å². The van der Waals surface area contributed by atoms with E-state index in [0.29, 0.717) is 48.4 Å². The Labute approximate surface area is 422 Å². The Hall–Kier alpha value is -9.87. The summed E-state index contributed by atoms with van der Waals surface area (Å²) in [6, 6.07) is 28.6. The Morgan fingerprint density at radius 1 is 0.671 bits per heavy atom. The minimum Gasteiger partial charge on any atom is -0.451 e. The SMILES string of the molecule is C#CCN(CC)C(=O)c1ccc(-c2cccnc2)o1.C/C=C/CNC(=O)c1ccc(-c2cccnc2)o1.C=C(C)CNC(=O)c1ccc(-c2cccnc2)o1.Cc1cc(-c2cccnc2)oc1C(=O)NCC#N. The van der Waals surface area contributed by atoms with Crippen LogP contribution in [-0.4, -0.2) is 81.2 Å². The summed E-state index contributed by atoms with van der Waals surface area (Å²) in [5.41, 5.74) is 4.95. The third-order valence-corrected chi connectivity index (χ3v) is 9.83. The number of carbonyl (C=O) groups is 4. The van der Waals surface area contributed by atoms with E-state index in [1.807, 2.05) is 81.5 Å². The third-order valence-electron chi connectivity index (χ3n) is 9.83. The smallest absolute Gasteiger partial charge is 0.290 e. The van der Waals surface area contributed by atoms with Crippen LogP contribution in [0.25, 0.3) is 45.3 Å². The van der Waals surface area contributed by atoms with Gasteiger partial charge in [0.25, 0.3) is 23.6 Å². The van der Waals surface area contributed by atoms with Crippen LogP contribution in [0.5, 0.6) is 0 Å². The van der Waals surface area contributed by atoms with Crippen molar-refractivity contribution in [2.45, 2.75) is 27.7 Å². The molecular formula is C56H53N9O8. The number of hydrogen-bond donors (Lipinski definition) is 3. The van der Waals surface area contributed by atoms with Gasteiger partial charge >= 0.3 is 0 Å². The molecule has 3 N–H and O–H groups in total. The summed E-state index contributed by atoms with van der Waals surface area (Å²) in [5, 5.41) is 16.3. The first-order chi connectivity index (χ1) is 35.5. The molecule has 0 saturated carbocycles. The summed E-state index contributed by atoms with van der Waals surface area (Å²) in [6.07, 6.45) is 22.4. The first kappa shape index (κ1) is 54.1. The normalized spacial score (nSPS) is 10.1. The lowest BCUT2D eigenvalue weighted by molar-refractivity contribution is 0.0753. The average Bonchev–Trinajstić information content (AvgIpc) is 4.29. The van der Waals surface area contributed by atoms with E-state index in [-0.39, 0.29) is 54.0 Å². The zero-order valence-corrected chi connectivity index (χ0v) is 40.7. The summed E-state index contributed by atoms with van der Waals surface area (Å²) in [7, 11) is 0. The van der Waals surface area contributed by atoms with Crippen LogP contribution < -0.4 is 16.0 Å². The first-order valence-corrected chi connectivity index (χ1v) is 22.7. The van der Waals surface area contributed by atoms with E-state index in [4.69, 9.17) is 29.4 Å². The van der Waals surface area contributed by atoms with Gasteiger partial charge in [0, 0.05) is 97.0 Å². The number of nitriles is 1. The second-order valence-electron chi connectivity index (χ2n) is 15.4. The predicted octanol–water partition coefficient (Wildman–Crippen LogP) is 9.64. The van der Waals surface area contributed by atoms with Crippen LogP contribution in [0, 0.1) is 30.6 Å². The first-order valence-electron chi connectivity index (χ1n) is 22.7. The summed E-state index contributed by atoms with van der Waals surface area (Å²) in [4.78, 5) is 64.8. The van der Waals surface area contributed by atoms with Crippen LogP contribution in [-0.2, 0) is 0 Å². The number of aromatic nitrogens is 4. The van der Waals surface area contributed by atoms with Crippen LogP contribution in [0.15, 0.2) is 183 Å². The molecule has 0 unspecified atom stereocenters. The van der Waals surface area contributed by atoms with Crippen molar-refractivity contribution in [3.8, 4) is 63.7 Å². The third kappa shape index (κ3) is 16.7. The number of amides is 4. The summed E-state index contributed by atoms with van der Waals surface area (Å²) in [6.45, 7) is 12.9. The van der Waals surface area contributed by atoms with Crippen molar-refractivity contribution < 1.29 is 36.8 Å². The number of pyridine rings is 4. The van der Waals surface area contributed by atoms with Crippen molar-refractivity contribution in [3.63, 3.8) is 0 Å². The highest BCUT2D eigenvalue weighted by atomic mass is 16.4. The van der Waals surface area contributed by atoms with Crippen LogP contribution in [0.4, 0.5) is 0 Å². The molecule has 0 aliphatic heterocycles. The number of hydrogen-bond acceptors (Lipinski definition) is 13. The largest absolute Gasteiger partial charge is 0.451 e. The molecule has 17 heteroatoms. The predicted molar refractivity (Wildman–Crippen MR) is 275 cm³/mol. The fourth-order valence-corrected chi connectivity index (χ4v) is 6.19. The number of nitrogens with zero attached hydrogens (tertiary/aromatic N) is 6. The van der Waals surface area contributed by atoms with Gasteiger partial charge in [-0.3, -0.25) is 39.1 Å². The maximum Gasteiger partial charge on any atom is 0.290 e. The molecule has 0 radical (unpaired) electrons. The van der Waals surface area contributed by atoms with Gasteiger partial charge in [-0.05, 0) is 119 Å². The van der Waals surface area contributed by atoms with Crippen molar-refractivity contribution in [1.29, 1.82) is 5.26 Å². The van der Waals surface area contributed by atoms with Crippen molar-refractivity contribution in [2.75, 3.05) is 32.7 Å². The van der Waals surface area contributed by atoms with E-state index in [2.05, 4.69) is 48.4 Å². The van der Waals surface area contributed by atoms with Crippen molar-refractivity contribution in [2.24, 2.45) is 0 Å². The molecule has 0 aliphatic rings. The fourth-order valence-electron chi connectivity index (χ4n) is 6.19. The van der Waals surface area contributed by atoms with Gasteiger partial charge in [-0.1, -0.05) is 30.2 Å². The average molecular weight is 980 g/mol. The molecule has 0 bridgehead atoms. The fraction of sp³-hybridized carbons (Fsp3) is 0.161. The molecule has 0 aromatic carbocycles. The Balaban J connectivity index is 0.000000181. The quantitative estimate of drug-likeness (QED) is 0.0493. The molecule has 0 aliphatic carbocycles. The lowest BCUT2D eigenvalue weighted by Crippen LogP contribution is -2.30. The molecule has 0 fully saturated rings. The van der Waals surface area contributed by atoms with E-state index < -0.39 is 0 Å². The summed E-state index contributed by atoms with van der Waals surface area (Å²) < 4.78 is 22.0. The Bertz CT molecular complexity index is 3140. The molecule has 8 aromatic heterocycles. The van der Waals surface area contributed by atoms with Gasteiger partial charge in [0.05, 0.1) is 12.6 Å². The van der Waals surface area contributed by atoms with Crippen LogP contribution >= 0.6 is 0 Å². The van der Waals surface area contributed by atoms with E-state index in [0.717, 1.165) is 33.4 Å². The van der Waals surface area contributed by atoms with Gasteiger partial charge in [0.1, 0.15) is 29.6 Å². The molecule has 73 heavy (non-hydrogen) atoms. The minimum atomic E-state index is -0.385. The molecule has 8 aromatic rings. The lowest BCUT2D eigenvalue weighted by atomic mass is 10.2. The molecule has 0 saturated heterocycles. The van der Waals surface area contributed by atoms with E-state index >= 15 is 0 Å².